The molecule has 1 aromatic heterocycles. The molecule has 1 fully saturated rings. The molecule has 0 amide bonds. The van der Waals surface area contributed by atoms with E-state index in [1.165, 1.54) is 18.4 Å². The first kappa shape index (κ1) is 13.6. The Morgan fingerprint density at radius 2 is 2.00 bits per heavy atom. The summed E-state index contributed by atoms with van der Waals surface area (Å²) in [5.41, 5.74) is 3.06. The molecule has 0 unspecified atom stereocenters. The van der Waals surface area contributed by atoms with E-state index in [0.29, 0.717) is 16.2 Å². The van der Waals surface area contributed by atoms with E-state index in [-0.39, 0.29) is 11.5 Å². The van der Waals surface area contributed by atoms with Crippen LogP contribution in [0.15, 0.2) is 33.5 Å². The van der Waals surface area contributed by atoms with Gasteiger partial charge in [-0.2, -0.15) is 0 Å². The van der Waals surface area contributed by atoms with Crippen molar-refractivity contribution in [2.45, 2.75) is 38.5 Å². The van der Waals surface area contributed by atoms with Gasteiger partial charge < -0.3 is 4.98 Å². The molecule has 3 nitrogen and oxygen atoms in total. The molecule has 0 bridgehead atoms. The summed E-state index contributed by atoms with van der Waals surface area (Å²) < 4.78 is 0.542. The van der Waals surface area contributed by atoms with Gasteiger partial charge in [0, 0.05) is 5.56 Å². The first-order chi connectivity index (χ1) is 9.58. The molecule has 104 valence electrons. The van der Waals surface area contributed by atoms with E-state index < -0.39 is 0 Å². The van der Waals surface area contributed by atoms with Gasteiger partial charge in [0.05, 0.1) is 5.69 Å². The van der Waals surface area contributed by atoms with E-state index in [1.54, 1.807) is 0 Å². The molecule has 1 saturated carbocycles. The van der Waals surface area contributed by atoms with Crippen LogP contribution in [0.25, 0.3) is 11.4 Å². The molecular formula is C16H17BrN2O. The van der Waals surface area contributed by atoms with Crippen LogP contribution >= 0.6 is 15.9 Å². The van der Waals surface area contributed by atoms with Gasteiger partial charge in [0.25, 0.3) is 5.56 Å². The summed E-state index contributed by atoms with van der Waals surface area (Å²) in [5, 5.41) is 0. The van der Waals surface area contributed by atoms with Crippen LogP contribution in [0.5, 0.6) is 0 Å². The molecule has 1 aliphatic carbocycles. The zero-order valence-electron chi connectivity index (χ0n) is 11.6. The summed E-state index contributed by atoms with van der Waals surface area (Å²) in [6.07, 6.45) is 2.46. The molecule has 0 spiro atoms. The maximum absolute atomic E-state index is 12.1. The zero-order chi connectivity index (χ0) is 14.3. The average molecular weight is 333 g/mol. The minimum atomic E-state index is -0.107. The van der Waals surface area contributed by atoms with Crippen molar-refractivity contribution in [3.8, 4) is 11.4 Å². The lowest BCUT2D eigenvalue weighted by Gasteiger charge is -2.12. The van der Waals surface area contributed by atoms with Crippen molar-refractivity contribution in [2.75, 3.05) is 0 Å². The molecule has 1 heterocycles. The normalized spacial score (nSPS) is 14.8. The van der Waals surface area contributed by atoms with Crippen molar-refractivity contribution < 1.29 is 0 Å². The lowest BCUT2D eigenvalue weighted by Crippen LogP contribution is -2.14. The number of rotatable bonds is 3. The van der Waals surface area contributed by atoms with Gasteiger partial charge in [0.1, 0.15) is 10.3 Å². The quantitative estimate of drug-likeness (QED) is 0.915. The van der Waals surface area contributed by atoms with Gasteiger partial charge in [0.15, 0.2) is 0 Å². The number of aromatic nitrogens is 2. The highest BCUT2D eigenvalue weighted by atomic mass is 79.9. The lowest BCUT2D eigenvalue weighted by molar-refractivity contribution is 0.803. The molecule has 0 saturated heterocycles. The third kappa shape index (κ3) is 2.44. The van der Waals surface area contributed by atoms with Crippen LogP contribution in [0.3, 0.4) is 0 Å². The predicted octanol–water partition coefficient (Wildman–Crippen LogP) is 4.20. The molecule has 3 rings (SSSR count). The Kier molecular flexibility index (Phi) is 3.50. The van der Waals surface area contributed by atoms with Gasteiger partial charge in [-0.3, -0.25) is 4.79 Å². The van der Waals surface area contributed by atoms with E-state index in [0.717, 1.165) is 11.3 Å². The molecule has 0 aliphatic heterocycles. The van der Waals surface area contributed by atoms with E-state index in [4.69, 9.17) is 0 Å². The number of nitrogens with one attached hydrogen (secondary N) is 1. The van der Waals surface area contributed by atoms with Crippen LogP contribution in [0.4, 0.5) is 0 Å². The molecule has 0 atom stereocenters. The number of aromatic amines is 1. The van der Waals surface area contributed by atoms with Gasteiger partial charge in [-0.05, 0) is 46.2 Å². The van der Waals surface area contributed by atoms with Crippen molar-refractivity contribution >= 4 is 15.9 Å². The third-order valence-corrected chi connectivity index (χ3v) is 4.43. The maximum atomic E-state index is 12.1. The number of halogens is 1. The summed E-state index contributed by atoms with van der Waals surface area (Å²) in [6, 6.07) is 8.24. The Balaban J connectivity index is 2.18. The SMILES string of the molecule is CC(C)c1nc(-c2ccccc2C2CC2)[nH]c(=O)c1Br. The molecule has 4 heteroatoms. The van der Waals surface area contributed by atoms with Crippen LogP contribution in [-0.4, -0.2) is 9.97 Å². The Morgan fingerprint density at radius 3 is 2.65 bits per heavy atom. The fraction of sp³-hybridized carbons (Fsp3) is 0.375. The first-order valence-electron chi connectivity index (χ1n) is 6.97. The van der Waals surface area contributed by atoms with Crippen LogP contribution in [0.1, 0.15) is 49.8 Å². The summed E-state index contributed by atoms with van der Waals surface area (Å²) in [7, 11) is 0. The summed E-state index contributed by atoms with van der Waals surface area (Å²) in [6.45, 7) is 4.09. The van der Waals surface area contributed by atoms with Gasteiger partial charge in [-0.1, -0.05) is 38.1 Å². The second kappa shape index (κ2) is 5.17. The molecule has 1 aromatic carbocycles. The van der Waals surface area contributed by atoms with E-state index in [1.807, 2.05) is 26.0 Å². The van der Waals surface area contributed by atoms with Crippen molar-refractivity contribution in [1.29, 1.82) is 0 Å². The van der Waals surface area contributed by atoms with Gasteiger partial charge in [-0.25, -0.2) is 4.98 Å². The largest absolute Gasteiger partial charge is 0.306 e. The summed E-state index contributed by atoms with van der Waals surface area (Å²) in [4.78, 5) is 19.7. The minimum absolute atomic E-state index is 0.107. The molecule has 1 aliphatic rings. The molecule has 0 radical (unpaired) electrons. The Hall–Kier alpha value is -1.42. The highest BCUT2D eigenvalue weighted by Crippen LogP contribution is 2.43. The molecular weight excluding hydrogens is 316 g/mol. The van der Waals surface area contributed by atoms with Crippen LogP contribution in [0.2, 0.25) is 0 Å². The highest BCUT2D eigenvalue weighted by Gasteiger charge is 2.27. The van der Waals surface area contributed by atoms with Gasteiger partial charge >= 0.3 is 0 Å². The smallest absolute Gasteiger partial charge is 0.265 e. The fourth-order valence-corrected chi connectivity index (χ4v) is 3.09. The Bertz CT molecular complexity index is 702. The van der Waals surface area contributed by atoms with Gasteiger partial charge in [0.2, 0.25) is 0 Å². The first-order valence-corrected chi connectivity index (χ1v) is 7.76. The Morgan fingerprint density at radius 1 is 1.30 bits per heavy atom. The van der Waals surface area contributed by atoms with Crippen molar-refractivity contribution in [2.24, 2.45) is 0 Å². The maximum Gasteiger partial charge on any atom is 0.265 e. The van der Waals surface area contributed by atoms with Crippen molar-refractivity contribution in [3.05, 3.63) is 50.3 Å². The lowest BCUT2D eigenvalue weighted by atomic mass is 10.0. The van der Waals surface area contributed by atoms with E-state index >= 15 is 0 Å². The second-order valence-corrected chi connectivity index (χ2v) is 6.42. The van der Waals surface area contributed by atoms with Crippen LogP contribution in [0, 0.1) is 0 Å². The highest BCUT2D eigenvalue weighted by molar-refractivity contribution is 9.10. The zero-order valence-corrected chi connectivity index (χ0v) is 13.2. The number of nitrogens with zero attached hydrogens (tertiary/aromatic N) is 1. The molecule has 1 N–H and O–H groups in total. The fourth-order valence-electron chi connectivity index (χ4n) is 2.45. The molecule has 20 heavy (non-hydrogen) atoms. The monoisotopic (exact) mass is 332 g/mol. The topological polar surface area (TPSA) is 45.8 Å². The Labute approximate surface area is 126 Å². The second-order valence-electron chi connectivity index (χ2n) is 5.63. The number of hydrogen-bond acceptors (Lipinski definition) is 2. The summed E-state index contributed by atoms with van der Waals surface area (Å²) >= 11 is 3.34. The van der Waals surface area contributed by atoms with Gasteiger partial charge in [-0.15, -0.1) is 0 Å². The van der Waals surface area contributed by atoms with E-state index in [9.17, 15) is 4.79 Å². The minimum Gasteiger partial charge on any atom is -0.306 e. The summed E-state index contributed by atoms with van der Waals surface area (Å²) in [5.74, 6) is 1.52. The van der Waals surface area contributed by atoms with Crippen LogP contribution < -0.4 is 5.56 Å². The number of benzene rings is 1. The third-order valence-electron chi connectivity index (χ3n) is 3.67. The van der Waals surface area contributed by atoms with Crippen LogP contribution in [-0.2, 0) is 0 Å². The van der Waals surface area contributed by atoms with Crippen molar-refractivity contribution in [3.63, 3.8) is 0 Å². The van der Waals surface area contributed by atoms with E-state index in [2.05, 4.69) is 38.0 Å². The predicted molar refractivity (Wildman–Crippen MR) is 84.1 cm³/mol. The average Bonchev–Trinajstić information content (AvgIpc) is 3.26. The number of H-pyrrole nitrogens is 1. The van der Waals surface area contributed by atoms with Crippen molar-refractivity contribution in [1.82, 2.24) is 9.97 Å². The molecule has 2 aromatic rings. The standard InChI is InChI=1S/C16H17BrN2O/c1-9(2)14-13(17)16(20)19-15(18-14)12-6-4-3-5-11(12)10-7-8-10/h3-6,9-10H,7-8H2,1-2H3,(H,18,19,20). The number of hydrogen-bond donors (Lipinski definition) is 1.